The van der Waals surface area contributed by atoms with Gasteiger partial charge in [-0.15, -0.1) is 10.2 Å². The van der Waals surface area contributed by atoms with Crippen LogP contribution in [0.3, 0.4) is 0 Å². The molecular formula is C17H18N4O2. The van der Waals surface area contributed by atoms with E-state index in [9.17, 15) is 4.79 Å². The smallest absolute Gasteiger partial charge is 0.251 e. The second kappa shape index (κ2) is 5.53. The van der Waals surface area contributed by atoms with Crippen molar-refractivity contribution in [3.63, 3.8) is 0 Å². The van der Waals surface area contributed by atoms with Gasteiger partial charge in [0.25, 0.3) is 5.91 Å². The lowest BCUT2D eigenvalue weighted by Gasteiger charge is -2.19. The van der Waals surface area contributed by atoms with E-state index in [1.54, 1.807) is 0 Å². The minimum absolute atomic E-state index is 0.123. The van der Waals surface area contributed by atoms with Crippen molar-refractivity contribution < 1.29 is 9.53 Å². The van der Waals surface area contributed by atoms with E-state index in [1.165, 1.54) is 0 Å². The van der Waals surface area contributed by atoms with Crippen LogP contribution < -0.4 is 10.1 Å². The van der Waals surface area contributed by atoms with Crippen LogP contribution in [0.4, 0.5) is 0 Å². The monoisotopic (exact) mass is 310 g/mol. The maximum atomic E-state index is 12.5. The molecule has 0 fully saturated rings. The van der Waals surface area contributed by atoms with E-state index in [0.717, 1.165) is 42.3 Å². The fourth-order valence-corrected chi connectivity index (χ4v) is 3.09. The number of aromatic nitrogens is 3. The summed E-state index contributed by atoms with van der Waals surface area (Å²) >= 11 is 0. The fraction of sp³-hybridized carbons (Fsp3) is 0.353. The Morgan fingerprint density at radius 3 is 3.13 bits per heavy atom. The summed E-state index contributed by atoms with van der Waals surface area (Å²) < 4.78 is 7.74. The normalized spacial score (nSPS) is 16.8. The molecule has 0 saturated carbocycles. The Morgan fingerprint density at radius 1 is 1.35 bits per heavy atom. The van der Waals surface area contributed by atoms with Gasteiger partial charge < -0.3 is 14.6 Å². The molecule has 0 radical (unpaired) electrons. The molecule has 1 aromatic carbocycles. The number of aryl methyl sites for hydroxylation is 1. The molecule has 0 bridgehead atoms. The Labute approximate surface area is 134 Å². The van der Waals surface area contributed by atoms with Crippen LogP contribution in [-0.4, -0.2) is 27.3 Å². The van der Waals surface area contributed by atoms with E-state index in [1.807, 2.05) is 37.3 Å². The summed E-state index contributed by atoms with van der Waals surface area (Å²) in [7, 11) is 0. The molecule has 4 rings (SSSR count). The van der Waals surface area contributed by atoms with Gasteiger partial charge >= 0.3 is 0 Å². The van der Waals surface area contributed by atoms with Gasteiger partial charge in [0, 0.05) is 18.5 Å². The van der Waals surface area contributed by atoms with Gasteiger partial charge in [-0.3, -0.25) is 4.79 Å². The number of para-hydroxylation sites is 1. The molecule has 6 nitrogen and oxygen atoms in total. The highest BCUT2D eigenvalue weighted by Gasteiger charge is 2.24. The Kier molecular flexibility index (Phi) is 3.37. The van der Waals surface area contributed by atoms with E-state index in [2.05, 4.69) is 20.1 Å². The number of hydrogen-bond acceptors (Lipinski definition) is 4. The van der Waals surface area contributed by atoms with E-state index in [-0.39, 0.29) is 18.6 Å². The third kappa shape index (κ3) is 2.50. The highest BCUT2D eigenvalue weighted by Crippen LogP contribution is 2.26. The van der Waals surface area contributed by atoms with Crippen molar-refractivity contribution in [1.82, 2.24) is 20.1 Å². The van der Waals surface area contributed by atoms with Crippen LogP contribution in [0.5, 0.6) is 5.75 Å². The number of carbonyl (C=O) groups is 1. The first-order chi connectivity index (χ1) is 11.2. The molecule has 0 spiro atoms. The molecule has 0 aliphatic carbocycles. The third-order valence-corrected chi connectivity index (χ3v) is 4.30. The first-order valence-electron chi connectivity index (χ1n) is 7.87. The van der Waals surface area contributed by atoms with Crippen LogP contribution in [0.15, 0.2) is 29.8 Å². The van der Waals surface area contributed by atoms with Gasteiger partial charge in [0.2, 0.25) is 0 Å². The summed E-state index contributed by atoms with van der Waals surface area (Å²) in [4.78, 5) is 12.5. The Morgan fingerprint density at radius 2 is 2.22 bits per heavy atom. The van der Waals surface area contributed by atoms with Crippen molar-refractivity contribution in [2.45, 2.75) is 32.4 Å². The Balaban J connectivity index is 1.51. The first-order valence-corrected chi connectivity index (χ1v) is 7.87. The second-order valence-corrected chi connectivity index (χ2v) is 5.92. The molecule has 1 aromatic heterocycles. The minimum atomic E-state index is -0.181. The molecule has 23 heavy (non-hydrogen) atoms. The van der Waals surface area contributed by atoms with Gasteiger partial charge in [-0.2, -0.15) is 0 Å². The van der Waals surface area contributed by atoms with Gasteiger partial charge in [-0.05, 0) is 25.5 Å². The van der Waals surface area contributed by atoms with Crippen molar-refractivity contribution in [3.05, 3.63) is 47.1 Å². The lowest BCUT2D eigenvalue weighted by atomic mass is 10.1. The van der Waals surface area contributed by atoms with E-state index < -0.39 is 0 Å². The summed E-state index contributed by atoms with van der Waals surface area (Å²) in [6.07, 6.45) is 3.94. The number of benzene rings is 1. The molecule has 1 N–H and O–H groups in total. The summed E-state index contributed by atoms with van der Waals surface area (Å²) in [5.74, 6) is 2.52. The predicted octanol–water partition coefficient (Wildman–Crippen LogP) is 1.88. The molecule has 1 unspecified atom stereocenters. The maximum Gasteiger partial charge on any atom is 0.251 e. The van der Waals surface area contributed by atoms with Crippen molar-refractivity contribution in [2.24, 2.45) is 0 Å². The van der Waals surface area contributed by atoms with Gasteiger partial charge in [0.05, 0.1) is 11.6 Å². The van der Waals surface area contributed by atoms with Gasteiger partial charge in [-0.25, -0.2) is 0 Å². The Bertz CT molecular complexity index is 794. The first kappa shape index (κ1) is 14.0. The average Bonchev–Trinajstić information content (AvgIpc) is 3.17. The highest BCUT2D eigenvalue weighted by atomic mass is 16.5. The third-order valence-electron chi connectivity index (χ3n) is 4.30. The molecule has 118 valence electrons. The number of carbonyl (C=O) groups excluding carboxylic acids is 1. The topological polar surface area (TPSA) is 69.0 Å². The number of nitrogens with zero attached hydrogens (tertiary/aromatic N) is 3. The van der Waals surface area contributed by atoms with Crippen LogP contribution in [0, 0.1) is 0 Å². The summed E-state index contributed by atoms with van der Waals surface area (Å²) in [6, 6.07) is 7.52. The molecule has 2 aliphatic rings. The standard InChI is InChI=1S/C17H18N4O2/c1-11(16-20-19-15-7-4-8-21(15)16)18-17(22)13-9-12-5-2-3-6-14(12)23-10-13/h2-3,5-6,9,11H,4,7-8,10H2,1H3,(H,18,22). The number of amides is 1. The largest absolute Gasteiger partial charge is 0.488 e. The summed E-state index contributed by atoms with van der Waals surface area (Å²) in [5.41, 5.74) is 1.55. The number of ether oxygens (including phenoxy) is 1. The second-order valence-electron chi connectivity index (χ2n) is 5.92. The zero-order valence-electron chi connectivity index (χ0n) is 13.0. The average molecular weight is 310 g/mol. The van der Waals surface area contributed by atoms with Crippen molar-refractivity contribution in [2.75, 3.05) is 6.61 Å². The Hall–Kier alpha value is -2.63. The molecule has 1 amide bonds. The van der Waals surface area contributed by atoms with E-state index >= 15 is 0 Å². The summed E-state index contributed by atoms with van der Waals surface area (Å²) in [6.45, 7) is 3.15. The van der Waals surface area contributed by atoms with Crippen molar-refractivity contribution in [1.29, 1.82) is 0 Å². The van der Waals surface area contributed by atoms with Crippen LogP contribution in [-0.2, 0) is 17.8 Å². The van der Waals surface area contributed by atoms with Crippen LogP contribution in [0.1, 0.15) is 36.6 Å². The summed E-state index contributed by atoms with van der Waals surface area (Å²) in [5, 5.41) is 11.4. The molecule has 1 atom stereocenters. The van der Waals surface area contributed by atoms with Crippen molar-refractivity contribution >= 4 is 12.0 Å². The number of fused-ring (bicyclic) bond motifs is 2. The van der Waals surface area contributed by atoms with Gasteiger partial charge in [0.15, 0.2) is 5.82 Å². The van der Waals surface area contributed by atoms with Crippen LogP contribution in [0.25, 0.3) is 6.08 Å². The number of nitrogens with one attached hydrogen (secondary N) is 1. The molecule has 0 saturated heterocycles. The lowest BCUT2D eigenvalue weighted by Crippen LogP contribution is -2.32. The van der Waals surface area contributed by atoms with Gasteiger partial charge in [-0.1, -0.05) is 18.2 Å². The minimum Gasteiger partial charge on any atom is -0.488 e. The van der Waals surface area contributed by atoms with Crippen LogP contribution >= 0.6 is 0 Å². The molecule has 6 heteroatoms. The molecule has 2 aliphatic heterocycles. The predicted molar refractivity (Wildman–Crippen MR) is 84.8 cm³/mol. The highest BCUT2D eigenvalue weighted by molar-refractivity contribution is 5.99. The lowest BCUT2D eigenvalue weighted by molar-refractivity contribution is -0.118. The van der Waals surface area contributed by atoms with Crippen LogP contribution in [0.2, 0.25) is 0 Å². The zero-order chi connectivity index (χ0) is 15.8. The van der Waals surface area contributed by atoms with Crippen molar-refractivity contribution in [3.8, 4) is 5.75 Å². The zero-order valence-corrected chi connectivity index (χ0v) is 13.0. The van der Waals surface area contributed by atoms with E-state index in [0.29, 0.717) is 5.57 Å². The number of hydrogen-bond donors (Lipinski definition) is 1. The van der Waals surface area contributed by atoms with Gasteiger partial charge in [0.1, 0.15) is 18.2 Å². The van der Waals surface area contributed by atoms with E-state index in [4.69, 9.17) is 4.74 Å². The quantitative estimate of drug-likeness (QED) is 0.940. The fourth-order valence-electron chi connectivity index (χ4n) is 3.09. The maximum absolute atomic E-state index is 12.5. The molecular weight excluding hydrogens is 292 g/mol. The SMILES string of the molecule is CC(NC(=O)C1=Cc2ccccc2OC1)c1nnc2n1CCC2. The molecule has 3 heterocycles. The molecule has 2 aromatic rings. The number of rotatable bonds is 3.